The second kappa shape index (κ2) is 6.99. The Balaban J connectivity index is 1.26. The summed E-state index contributed by atoms with van der Waals surface area (Å²) in [5, 5.41) is 8.95. The number of carbonyl (C=O) groups is 1. The van der Waals surface area contributed by atoms with Crippen LogP contribution in [0.4, 0.5) is 5.82 Å². The Kier molecular flexibility index (Phi) is 4.45. The quantitative estimate of drug-likeness (QED) is 0.841. The van der Waals surface area contributed by atoms with Crippen molar-refractivity contribution < 1.29 is 4.79 Å². The van der Waals surface area contributed by atoms with Crippen molar-refractivity contribution in [1.82, 2.24) is 30.0 Å². The van der Waals surface area contributed by atoms with Crippen LogP contribution in [0, 0.1) is 12.8 Å². The number of aromatic nitrogens is 4. The zero-order chi connectivity index (χ0) is 19.3. The maximum atomic E-state index is 13.1. The average Bonchev–Trinajstić information content (AvgIpc) is 3.31. The molecule has 2 aromatic heterocycles. The molecule has 0 bridgehead atoms. The normalized spacial score (nSPS) is 28.0. The molecule has 0 spiro atoms. The van der Waals surface area contributed by atoms with Crippen molar-refractivity contribution in [3.05, 3.63) is 12.0 Å². The minimum Gasteiger partial charge on any atom is -0.352 e. The monoisotopic (exact) mass is 383 g/mol. The molecule has 150 valence electrons. The molecule has 28 heavy (non-hydrogen) atoms. The third-order valence-electron chi connectivity index (χ3n) is 6.74. The Morgan fingerprint density at radius 3 is 2.71 bits per heavy atom. The maximum absolute atomic E-state index is 13.1. The third kappa shape index (κ3) is 3.03. The summed E-state index contributed by atoms with van der Waals surface area (Å²) in [6, 6.07) is 0.581. The first-order valence-electron chi connectivity index (χ1n) is 10.6. The van der Waals surface area contributed by atoms with Gasteiger partial charge >= 0.3 is 0 Å². The molecule has 5 rings (SSSR count). The number of amides is 1. The summed E-state index contributed by atoms with van der Waals surface area (Å²) in [6.07, 6.45) is 8.00. The van der Waals surface area contributed by atoms with E-state index in [1.165, 1.54) is 25.7 Å². The summed E-state index contributed by atoms with van der Waals surface area (Å²) in [6.45, 7) is 5.01. The second-order valence-electron chi connectivity index (χ2n) is 8.52. The number of fused-ring (bicyclic) bond motifs is 2. The van der Waals surface area contributed by atoms with Gasteiger partial charge in [0.25, 0.3) is 0 Å². The van der Waals surface area contributed by atoms with E-state index in [0.717, 1.165) is 55.3 Å². The fourth-order valence-corrected chi connectivity index (χ4v) is 5.22. The number of aryl methyl sites for hydroxylation is 2. The van der Waals surface area contributed by atoms with Gasteiger partial charge in [-0.2, -0.15) is 5.10 Å². The van der Waals surface area contributed by atoms with Crippen LogP contribution in [0.2, 0.25) is 0 Å². The Morgan fingerprint density at radius 1 is 1.14 bits per heavy atom. The fraction of sp³-hybridized carbons (Fsp3) is 0.700. The molecule has 3 fully saturated rings. The van der Waals surface area contributed by atoms with Gasteiger partial charge in [0, 0.05) is 39.3 Å². The SMILES string of the molecule is Cc1nc(N2CCN(C(=O)C3CC4CCCCC4N3)CC2)c2cnn(C)c2n1. The van der Waals surface area contributed by atoms with Crippen LogP contribution in [0.25, 0.3) is 11.0 Å². The van der Waals surface area contributed by atoms with E-state index in [4.69, 9.17) is 0 Å². The molecule has 2 saturated heterocycles. The van der Waals surface area contributed by atoms with Gasteiger partial charge in [-0.25, -0.2) is 9.97 Å². The number of nitrogens with one attached hydrogen (secondary N) is 1. The Labute approximate surface area is 165 Å². The van der Waals surface area contributed by atoms with Crippen molar-refractivity contribution >= 4 is 22.8 Å². The topological polar surface area (TPSA) is 79.2 Å². The minimum atomic E-state index is 0.0194. The summed E-state index contributed by atoms with van der Waals surface area (Å²) in [5.74, 6) is 2.68. The van der Waals surface area contributed by atoms with Crippen molar-refractivity contribution in [3.8, 4) is 0 Å². The van der Waals surface area contributed by atoms with Crippen molar-refractivity contribution in [3.63, 3.8) is 0 Å². The highest BCUT2D eigenvalue weighted by Gasteiger charge is 2.40. The molecular formula is C20H29N7O. The van der Waals surface area contributed by atoms with Gasteiger partial charge in [-0.15, -0.1) is 0 Å². The van der Waals surface area contributed by atoms with Crippen LogP contribution in [0.1, 0.15) is 37.9 Å². The molecule has 8 nitrogen and oxygen atoms in total. The Bertz CT molecular complexity index is 872. The van der Waals surface area contributed by atoms with Crippen LogP contribution in [0.15, 0.2) is 6.20 Å². The summed E-state index contributed by atoms with van der Waals surface area (Å²) in [4.78, 5) is 26.6. The number of carbonyl (C=O) groups excluding carboxylic acids is 1. The first-order chi connectivity index (χ1) is 13.6. The largest absolute Gasteiger partial charge is 0.352 e. The molecule has 0 radical (unpaired) electrons. The number of piperazine rings is 1. The van der Waals surface area contributed by atoms with E-state index in [0.29, 0.717) is 17.9 Å². The summed E-state index contributed by atoms with van der Waals surface area (Å²) >= 11 is 0. The molecule has 3 atom stereocenters. The molecule has 1 saturated carbocycles. The highest BCUT2D eigenvalue weighted by atomic mass is 16.2. The molecule has 0 aromatic carbocycles. The van der Waals surface area contributed by atoms with Crippen LogP contribution < -0.4 is 10.2 Å². The number of rotatable bonds is 2. The van der Waals surface area contributed by atoms with Crippen molar-refractivity contribution in [2.45, 2.75) is 51.1 Å². The summed E-state index contributed by atoms with van der Waals surface area (Å²) in [5.41, 5.74) is 0.860. The maximum Gasteiger partial charge on any atom is 0.239 e. The minimum absolute atomic E-state index is 0.0194. The summed E-state index contributed by atoms with van der Waals surface area (Å²) < 4.78 is 1.79. The molecule has 4 heterocycles. The molecule has 8 heteroatoms. The van der Waals surface area contributed by atoms with Gasteiger partial charge in [-0.1, -0.05) is 12.8 Å². The average molecular weight is 384 g/mol. The zero-order valence-corrected chi connectivity index (χ0v) is 16.8. The lowest BCUT2D eigenvalue weighted by Crippen LogP contribution is -2.53. The van der Waals surface area contributed by atoms with Crippen molar-refractivity contribution in [1.29, 1.82) is 0 Å². The Morgan fingerprint density at radius 2 is 1.93 bits per heavy atom. The van der Waals surface area contributed by atoms with Gasteiger partial charge in [0.05, 0.1) is 17.6 Å². The predicted molar refractivity (Wildman–Crippen MR) is 107 cm³/mol. The lowest BCUT2D eigenvalue weighted by Gasteiger charge is -2.36. The molecule has 3 unspecified atom stereocenters. The summed E-state index contributed by atoms with van der Waals surface area (Å²) in [7, 11) is 1.90. The molecule has 1 amide bonds. The Hall–Kier alpha value is -2.22. The van der Waals surface area contributed by atoms with Crippen molar-refractivity contribution in [2.24, 2.45) is 13.0 Å². The highest BCUT2D eigenvalue weighted by molar-refractivity contribution is 5.87. The zero-order valence-electron chi connectivity index (χ0n) is 16.8. The van der Waals surface area contributed by atoms with Gasteiger partial charge in [0.2, 0.25) is 5.91 Å². The van der Waals surface area contributed by atoms with Gasteiger partial charge in [0.1, 0.15) is 11.6 Å². The highest BCUT2D eigenvalue weighted by Crippen LogP contribution is 2.34. The first-order valence-corrected chi connectivity index (χ1v) is 10.6. The van der Waals surface area contributed by atoms with Gasteiger partial charge in [-0.05, 0) is 32.1 Å². The molecular weight excluding hydrogens is 354 g/mol. The van der Waals surface area contributed by atoms with E-state index in [1.54, 1.807) is 4.68 Å². The predicted octanol–water partition coefficient (Wildman–Crippen LogP) is 1.24. The van der Waals surface area contributed by atoms with Gasteiger partial charge in [-0.3, -0.25) is 9.48 Å². The number of anilines is 1. The van der Waals surface area contributed by atoms with Crippen LogP contribution in [-0.2, 0) is 11.8 Å². The molecule has 2 aromatic rings. The smallest absolute Gasteiger partial charge is 0.239 e. The van der Waals surface area contributed by atoms with Crippen LogP contribution in [0.3, 0.4) is 0 Å². The van der Waals surface area contributed by atoms with Crippen molar-refractivity contribution in [2.75, 3.05) is 31.1 Å². The molecule has 3 aliphatic rings. The van der Waals surface area contributed by atoms with E-state index in [2.05, 4.69) is 25.3 Å². The van der Waals surface area contributed by atoms with Crippen LogP contribution in [0.5, 0.6) is 0 Å². The van der Waals surface area contributed by atoms with E-state index in [1.807, 2.05) is 25.1 Å². The lowest BCUT2D eigenvalue weighted by atomic mass is 9.85. The van der Waals surface area contributed by atoms with E-state index >= 15 is 0 Å². The number of hydrogen-bond donors (Lipinski definition) is 1. The molecule has 1 aliphatic carbocycles. The standard InChI is InChI=1S/C20H29N7O/c1-13-22-18-15(12-21-25(18)2)19(23-13)26-7-9-27(10-8-26)20(28)17-11-14-5-3-4-6-16(14)24-17/h12,14,16-17,24H,3-11H2,1-2H3. The molecule has 2 aliphatic heterocycles. The third-order valence-corrected chi connectivity index (χ3v) is 6.74. The van der Waals surface area contributed by atoms with Crippen LogP contribution in [-0.4, -0.2) is 68.8 Å². The molecule has 1 N–H and O–H groups in total. The van der Waals surface area contributed by atoms with E-state index in [9.17, 15) is 4.79 Å². The van der Waals surface area contributed by atoms with Gasteiger partial charge in [0.15, 0.2) is 5.65 Å². The first kappa shape index (κ1) is 17.8. The number of nitrogens with zero attached hydrogens (tertiary/aromatic N) is 6. The van der Waals surface area contributed by atoms with E-state index < -0.39 is 0 Å². The van der Waals surface area contributed by atoms with Crippen LogP contribution >= 0.6 is 0 Å². The van der Waals surface area contributed by atoms with E-state index in [-0.39, 0.29) is 6.04 Å². The second-order valence-corrected chi connectivity index (χ2v) is 8.52. The fourth-order valence-electron chi connectivity index (χ4n) is 5.22. The number of hydrogen-bond acceptors (Lipinski definition) is 6. The lowest BCUT2D eigenvalue weighted by molar-refractivity contribution is -0.133. The van der Waals surface area contributed by atoms with Gasteiger partial charge < -0.3 is 15.1 Å².